The molecule has 1 aliphatic rings. The largest absolute Gasteiger partial charge is 0.489 e. The summed E-state index contributed by atoms with van der Waals surface area (Å²) in [5.41, 5.74) is 4.69. The van der Waals surface area contributed by atoms with Gasteiger partial charge in [-0.3, -0.25) is 14.9 Å². The molecule has 1 aliphatic heterocycles. The Balaban J connectivity index is 1.41. The fraction of sp³-hybridized carbons (Fsp3) is 0.114. The number of fused-ring (bicyclic) bond motifs is 1. The Bertz CT molecular complexity index is 1750. The zero-order chi connectivity index (χ0) is 29.8. The molecule has 43 heavy (non-hydrogen) atoms. The number of hydrogen-bond donors (Lipinski definition) is 0. The van der Waals surface area contributed by atoms with E-state index in [2.05, 4.69) is 4.90 Å². The van der Waals surface area contributed by atoms with Crippen molar-refractivity contribution in [2.75, 3.05) is 4.90 Å². The van der Waals surface area contributed by atoms with Gasteiger partial charge in [0.1, 0.15) is 18.5 Å². The number of carbonyl (C=O) groups excluding carboxylic acids is 1. The molecule has 5 aromatic carbocycles. The number of ether oxygens (including phenoxy) is 1. The molecule has 0 aliphatic carbocycles. The lowest BCUT2D eigenvalue weighted by Crippen LogP contribution is -2.48. The Morgan fingerprint density at radius 1 is 0.721 bits per heavy atom. The first kappa shape index (κ1) is 28.0. The molecule has 8 heteroatoms. The quantitative estimate of drug-likeness (QED) is 0.128. The molecule has 1 amide bonds. The highest BCUT2D eigenvalue weighted by atomic mass is 35.5. The number of amides is 1. The second-order valence-electron chi connectivity index (χ2n) is 10.4. The van der Waals surface area contributed by atoms with Crippen LogP contribution in [0.2, 0.25) is 5.02 Å². The number of nitrogens with zero attached hydrogens (tertiary/aromatic N) is 3. The topological polar surface area (TPSA) is 75.9 Å². The van der Waals surface area contributed by atoms with Crippen LogP contribution in [0.5, 0.6) is 5.75 Å². The third-order valence-corrected chi connectivity index (χ3v) is 7.68. The smallest absolute Gasteiger partial charge is 0.270 e. The molecular weight excluding hydrogens is 562 g/mol. The van der Waals surface area contributed by atoms with E-state index in [1.54, 1.807) is 11.0 Å². The van der Waals surface area contributed by atoms with Crippen molar-refractivity contribution in [1.29, 1.82) is 0 Å². The van der Waals surface area contributed by atoms with Gasteiger partial charge in [-0.05, 0) is 52.6 Å². The zero-order valence-corrected chi connectivity index (χ0v) is 23.9. The molecule has 0 aromatic heterocycles. The van der Waals surface area contributed by atoms with Crippen LogP contribution >= 0.6 is 11.6 Å². The van der Waals surface area contributed by atoms with E-state index in [1.165, 1.54) is 12.1 Å². The number of hydrogen-bond acceptors (Lipinski definition) is 5. The maximum Gasteiger partial charge on any atom is 0.270 e. The van der Waals surface area contributed by atoms with Crippen LogP contribution in [0.15, 0.2) is 127 Å². The number of anilines is 1. The molecule has 0 spiro atoms. The fourth-order valence-electron chi connectivity index (χ4n) is 5.40. The van der Waals surface area contributed by atoms with Gasteiger partial charge >= 0.3 is 0 Å². The number of nitro benzene ring substituents is 1. The molecule has 0 saturated heterocycles. The first-order valence-electron chi connectivity index (χ1n) is 13.9. The number of non-ortho nitro benzene ring substituents is 1. The Labute approximate surface area is 254 Å². The molecule has 0 N–H and O–H groups in total. The van der Waals surface area contributed by atoms with Gasteiger partial charge in [-0.15, -0.1) is 0 Å². The van der Waals surface area contributed by atoms with E-state index < -0.39 is 11.1 Å². The molecular formula is C35H28ClN3O4. The summed E-state index contributed by atoms with van der Waals surface area (Å²) in [6, 6.07) is 39.5. The standard InChI is InChI=1S/C35H28ClN3O4/c36-29-13-7-12-27(20-29)24-43-31-17-14-28(15-18-31)34-37(22-25-8-3-1-4-9-25)33-19-16-30(39(41)42)21-32(33)35(40)38(34)23-26-10-5-2-6-11-26/h1-21,34H,22-24H2/t34-/m1/s1. The summed E-state index contributed by atoms with van der Waals surface area (Å²) in [7, 11) is 0. The normalized spacial score (nSPS) is 14.3. The minimum absolute atomic E-state index is 0.119. The number of halogens is 1. The molecule has 0 unspecified atom stereocenters. The lowest BCUT2D eigenvalue weighted by atomic mass is 9.98. The molecule has 0 radical (unpaired) electrons. The molecule has 0 saturated carbocycles. The van der Waals surface area contributed by atoms with Crippen molar-refractivity contribution in [2.24, 2.45) is 0 Å². The van der Waals surface area contributed by atoms with E-state index in [1.807, 2.05) is 109 Å². The van der Waals surface area contributed by atoms with Gasteiger partial charge in [-0.25, -0.2) is 0 Å². The number of rotatable bonds is 9. The summed E-state index contributed by atoms with van der Waals surface area (Å²) >= 11 is 6.12. The highest BCUT2D eigenvalue weighted by Crippen LogP contribution is 2.42. The van der Waals surface area contributed by atoms with Crippen molar-refractivity contribution < 1.29 is 14.5 Å². The third kappa shape index (κ3) is 6.22. The maximum absolute atomic E-state index is 14.2. The molecule has 214 valence electrons. The van der Waals surface area contributed by atoms with Gasteiger partial charge in [0.25, 0.3) is 11.6 Å². The molecule has 1 heterocycles. The lowest BCUT2D eigenvalue weighted by molar-refractivity contribution is -0.384. The van der Waals surface area contributed by atoms with E-state index in [4.69, 9.17) is 16.3 Å². The predicted molar refractivity (Wildman–Crippen MR) is 167 cm³/mol. The summed E-state index contributed by atoms with van der Waals surface area (Å²) in [6.07, 6.45) is -0.483. The summed E-state index contributed by atoms with van der Waals surface area (Å²) in [6.45, 7) is 1.18. The number of benzene rings is 5. The number of carbonyl (C=O) groups is 1. The Morgan fingerprint density at radius 3 is 1.98 bits per heavy atom. The van der Waals surface area contributed by atoms with E-state index in [9.17, 15) is 14.9 Å². The van der Waals surface area contributed by atoms with Crippen LogP contribution in [-0.4, -0.2) is 15.7 Å². The van der Waals surface area contributed by atoms with E-state index in [-0.39, 0.29) is 11.6 Å². The van der Waals surface area contributed by atoms with Gasteiger partial charge in [0, 0.05) is 30.2 Å². The van der Waals surface area contributed by atoms with E-state index in [0.29, 0.717) is 41.7 Å². The average molecular weight is 590 g/mol. The molecule has 0 fully saturated rings. The van der Waals surface area contributed by atoms with Crippen molar-refractivity contribution in [1.82, 2.24) is 4.90 Å². The Hall–Kier alpha value is -5.14. The van der Waals surface area contributed by atoms with Crippen LogP contribution in [-0.2, 0) is 19.7 Å². The van der Waals surface area contributed by atoms with Crippen molar-refractivity contribution >= 4 is 28.9 Å². The summed E-state index contributed by atoms with van der Waals surface area (Å²) in [5, 5.41) is 12.3. The predicted octanol–water partition coefficient (Wildman–Crippen LogP) is 8.19. The van der Waals surface area contributed by atoms with Crippen LogP contribution in [0.4, 0.5) is 11.4 Å². The van der Waals surface area contributed by atoms with Crippen LogP contribution < -0.4 is 9.64 Å². The zero-order valence-electron chi connectivity index (χ0n) is 23.2. The monoisotopic (exact) mass is 589 g/mol. The van der Waals surface area contributed by atoms with Gasteiger partial charge in [0.2, 0.25) is 0 Å². The minimum atomic E-state index is -0.483. The van der Waals surface area contributed by atoms with Crippen molar-refractivity contribution in [3.8, 4) is 5.75 Å². The fourth-order valence-corrected chi connectivity index (χ4v) is 5.62. The maximum atomic E-state index is 14.2. The Kier molecular flexibility index (Phi) is 8.07. The van der Waals surface area contributed by atoms with Gasteiger partial charge in [0.15, 0.2) is 0 Å². The summed E-state index contributed by atoms with van der Waals surface area (Å²) < 4.78 is 6.03. The molecule has 1 atom stereocenters. The van der Waals surface area contributed by atoms with Crippen molar-refractivity contribution in [2.45, 2.75) is 25.9 Å². The molecule has 5 aromatic rings. The van der Waals surface area contributed by atoms with Crippen LogP contribution in [0.25, 0.3) is 0 Å². The molecule has 0 bridgehead atoms. The van der Waals surface area contributed by atoms with Gasteiger partial charge in [-0.1, -0.05) is 96.5 Å². The Morgan fingerprint density at radius 2 is 1.35 bits per heavy atom. The van der Waals surface area contributed by atoms with Crippen LogP contribution in [0.3, 0.4) is 0 Å². The van der Waals surface area contributed by atoms with E-state index in [0.717, 1.165) is 22.3 Å². The highest BCUT2D eigenvalue weighted by molar-refractivity contribution is 6.30. The second-order valence-corrected chi connectivity index (χ2v) is 10.8. The molecule has 7 nitrogen and oxygen atoms in total. The highest BCUT2D eigenvalue weighted by Gasteiger charge is 2.39. The SMILES string of the molecule is O=C1c2cc([N+](=O)[O-])ccc2N(Cc2ccccc2)[C@@H](c2ccc(OCc3cccc(Cl)c3)cc2)N1Cc1ccccc1. The van der Waals surface area contributed by atoms with Crippen LogP contribution in [0.1, 0.15) is 38.8 Å². The number of nitro groups is 1. The minimum Gasteiger partial charge on any atom is -0.489 e. The summed E-state index contributed by atoms with van der Waals surface area (Å²) in [5.74, 6) is 0.421. The first-order valence-corrected chi connectivity index (χ1v) is 14.3. The second kappa shape index (κ2) is 12.4. The van der Waals surface area contributed by atoms with Crippen molar-refractivity contribution in [3.05, 3.63) is 170 Å². The molecule has 6 rings (SSSR count). The average Bonchev–Trinajstić information content (AvgIpc) is 3.03. The summed E-state index contributed by atoms with van der Waals surface area (Å²) in [4.78, 5) is 29.3. The third-order valence-electron chi connectivity index (χ3n) is 7.45. The van der Waals surface area contributed by atoms with Crippen LogP contribution in [0, 0.1) is 10.1 Å². The van der Waals surface area contributed by atoms with Gasteiger partial charge < -0.3 is 14.5 Å². The van der Waals surface area contributed by atoms with E-state index >= 15 is 0 Å². The lowest BCUT2D eigenvalue weighted by Gasteiger charge is -2.46. The van der Waals surface area contributed by atoms with Crippen molar-refractivity contribution in [3.63, 3.8) is 0 Å². The van der Waals surface area contributed by atoms with Gasteiger partial charge in [0.05, 0.1) is 16.2 Å². The first-order chi connectivity index (χ1) is 21.0. The van der Waals surface area contributed by atoms with Gasteiger partial charge in [-0.2, -0.15) is 0 Å².